The number of rotatable bonds is 5. The summed E-state index contributed by atoms with van der Waals surface area (Å²) in [5.41, 5.74) is 6.13. The first kappa shape index (κ1) is 15.8. The molecule has 1 aliphatic carbocycles. The summed E-state index contributed by atoms with van der Waals surface area (Å²) in [5.74, 6) is 0.0302. The van der Waals surface area contributed by atoms with E-state index in [9.17, 15) is 15.0 Å². The van der Waals surface area contributed by atoms with Crippen molar-refractivity contribution in [3.8, 4) is 5.75 Å². The second-order valence-corrected chi connectivity index (χ2v) is 6.10. The van der Waals surface area contributed by atoms with E-state index in [2.05, 4.69) is 0 Å². The smallest absolute Gasteiger partial charge is 0.239 e. The highest BCUT2D eigenvalue weighted by atomic mass is 16.3. The molecule has 0 unspecified atom stereocenters. The third-order valence-electron chi connectivity index (χ3n) is 4.15. The van der Waals surface area contributed by atoms with Gasteiger partial charge in [-0.3, -0.25) is 4.79 Å². The molecule has 1 atom stereocenters. The van der Waals surface area contributed by atoms with E-state index in [1.54, 1.807) is 31.3 Å². The number of likely N-dealkylation sites (N-methyl/N-ethyl adjacent to an activating group) is 1. The Morgan fingerprint density at radius 2 is 1.90 bits per heavy atom. The highest BCUT2D eigenvalue weighted by Crippen LogP contribution is 2.30. The molecule has 1 amide bonds. The van der Waals surface area contributed by atoms with Gasteiger partial charge >= 0.3 is 0 Å². The predicted octanol–water partition coefficient (Wildman–Crippen LogP) is 1.03. The van der Waals surface area contributed by atoms with Gasteiger partial charge in [0.25, 0.3) is 0 Å². The minimum Gasteiger partial charge on any atom is -0.508 e. The Hall–Kier alpha value is -1.59. The van der Waals surface area contributed by atoms with Crippen molar-refractivity contribution in [2.24, 2.45) is 5.73 Å². The van der Waals surface area contributed by atoms with Crippen molar-refractivity contribution in [3.05, 3.63) is 29.8 Å². The van der Waals surface area contributed by atoms with Crippen LogP contribution in [0.2, 0.25) is 0 Å². The van der Waals surface area contributed by atoms with Crippen LogP contribution < -0.4 is 5.73 Å². The molecule has 0 aromatic heterocycles. The van der Waals surface area contributed by atoms with Crippen LogP contribution in [0.3, 0.4) is 0 Å². The van der Waals surface area contributed by atoms with E-state index in [1.807, 2.05) is 0 Å². The molecule has 5 nitrogen and oxygen atoms in total. The predicted molar refractivity (Wildman–Crippen MR) is 80.8 cm³/mol. The molecule has 0 saturated heterocycles. The Kier molecular flexibility index (Phi) is 4.85. The Morgan fingerprint density at radius 3 is 2.48 bits per heavy atom. The Morgan fingerprint density at radius 1 is 1.33 bits per heavy atom. The number of hydrogen-bond donors (Lipinski definition) is 3. The van der Waals surface area contributed by atoms with E-state index >= 15 is 0 Å². The van der Waals surface area contributed by atoms with E-state index in [0.29, 0.717) is 13.0 Å². The largest absolute Gasteiger partial charge is 0.508 e. The highest BCUT2D eigenvalue weighted by molar-refractivity contribution is 5.81. The molecule has 1 aliphatic rings. The van der Waals surface area contributed by atoms with Crippen LogP contribution in [-0.4, -0.2) is 46.3 Å². The molecule has 1 aromatic carbocycles. The number of nitrogens with two attached hydrogens (primary N) is 1. The summed E-state index contributed by atoms with van der Waals surface area (Å²) in [6.45, 7) is 0.342. The number of aromatic hydroxyl groups is 1. The van der Waals surface area contributed by atoms with Crippen molar-refractivity contribution in [2.75, 3.05) is 13.6 Å². The van der Waals surface area contributed by atoms with Gasteiger partial charge in [0.1, 0.15) is 5.75 Å². The van der Waals surface area contributed by atoms with Crippen molar-refractivity contribution in [1.29, 1.82) is 0 Å². The van der Waals surface area contributed by atoms with Gasteiger partial charge in [-0.1, -0.05) is 25.0 Å². The average molecular weight is 292 g/mol. The van der Waals surface area contributed by atoms with Crippen LogP contribution in [0.25, 0.3) is 0 Å². The fourth-order valence-corrected chi connectivity index (χ4v) is 2.97. The minimum absolute atomic E-state index is 0.164. The van der Waals surface area contributed by atoms with Crippen molar-refractivity contribution in [1.82, 2.24) is 4.90 Å². The normalized spacial score (nSPS) is 18.4. The molecule has 1 aromatic rings. The second-order valence-electron chi connectivity index (χ2n) is 6.10. The van der Waals surface area contributed by atoms with Crippen molar-refractivity contribution in [3.63, 3.8) is 0 Å². The van der Waals surface area contributed by atoms with Gasteiger partial charge in [0, 0.05) is 13.6 Å². The molecule has 1 fully saturated rings. The van der Waals surface area contributed by atoms with Crippen molar-refractivity contribution in [2.45, 2.75) is 43.7 Å². The van der Waals surface area contributed by atoms with Crippen LogP contribution in [0, 0.1) is 0 Å². The highest BCUT2D eigenvalue weighted by Gasteiger charge is 2.34. The van der Waals surface area contributed by atoms with Crippen LogP contribution in [0.5, 0.6) is 5.75 Å². The molecule has 0 heterocycles. The third-order valence-corrected chi connectivity index (χ3v) is 4.15. The number of amides is 1. The minimum atomic E-state index is -0.747. The van der Waals surface area contributed by atoms with Gasteiger partial charge in [0.2, 0.25) is 5.91 Å². The van der Waals surface area contributed by atoms with Gasteiger partial charge in [0.15, 0.2) is 0 Å². The summed E-state index contributed by atoms with van der Waals surface area (Å²) < 4.78 is 0. The summed E-state index contributed by atoms with van der Waals surface area (Å²) in [5, 5.41) is 19.6. The maximum atomic E-state index is 12.3. The number of carbonyl (C=O) groups is 1. The van der Waals surface area contributed by atoms with E-state index in [0.717, 1.165) is 31.2 Å². The van der Waals surface area contributed by atoms with E-state index in [4.69, 9.17) is 5.73 Å². The maximum absolute atomic E-state index is 12.3. The Balaban J connectivity index is 1.90. The summed E-state index contributed by atoms with van der Waals surface area (Å²) in [6, 6.07) is 6.04. The molecule has 0 spiro atoms. The van der Waals surface area contributed by atoms with Crippen LogP contribution in [0.15, 0.2) is 24.3 Å². The SMILES string of the molecule is CN(CC1(O)CCCC1)C(=O)[C@H](N)Cc1ccc(O)cc1. The number of carbonyl (C=O) groups excluding carboxylic acids is 1. The first-order chi connectivity index (χ1) is 9.89. The molecular weight excluding hydrogens is 268 g/mol. The van der Waals surface area contributed by atoms with Crippen LogP contribution in [0.4, 0.5) is 0 Å². The van der Waals surface area contributed by atoms with Crippen LogP contribution in [0.1, 0.15) is 31.2 Å². The zero-order valence-electron chi connectivity index (χ0n) is 12.5. The number of phenols is 1. The monoisotopic (exact) mass is 292 g/mol. The lowest BCUT2D eigenvalue weighted by molar-refractivity contribution is -0.134. The first-order valence-electron chi connectivity index (χ1n) is 7.40. The molecule has 0 radical (unpaired) electrons. The topological polar surface area (TPSA) is 86.8 Å². The maximum Gasteiger partial charge on any atom is 0.239 e. The molecule has 0 bridgehead atoms. The fraction of sp³-hybridized carbons (Fsp3) is 0.562. The molecule has 2 rings (SSSR count). The summed E-state index contributed by atoms with van der Waals surface area (Å²) in [4.78, 5) is 13.8. The van der Waals surface area contributed by atoms with E-state index in [-0.39, 0.29) is 11.7 Å². The number of nitrogens with zero attached hydrogens (tertiary/aromatic N) is 1. The lowest BCUT2D eigenvalue weighted by Gasteiger charge is -2.30. The lowest BCUT2D eigenvalue weighted by Crippen LogP contribution is -2.48. The molecule has 4 N–H and O–H groups in total. The Bertz CT molecular complexity index is 481. The van der Waals surface area contributed by atoms with Crippen molar-refractivity contribution < 1.29 is 15.0 Å². The zero-order chi connectivity index (χ0) is 15.5. The van der Waals surface area contributed by atoms with Gasteiger partial charge in [-0.05, 0) is 37.0 Å². The molecule has 116 valence electrons. The summed E-state index contributed by atoms with van der Waals surface area (Å²) in [6.07, 6.45) is 3.94. The number of benzene rings is 1. The molecular formula is C16H24N2O3. The molecule has 0 aliphatic heterocycles. The van der Waals surface area contributed by atoms with Crippen LogP contribution >= 0.6 is 0 Å². The summed E-state index contributed by atoms with van der Waals surface area (Å²) in [7, 11) is 1.69. The average Bonchev–Trinajstić information content (AvgIpc) is 2.86. The number of hydrogen-bond acceptors (Lipinski definition) is 4. The van der Waals surface area contributed by atoms with Crippen molar-refractivity contribution >= 4 is 5.91 Å². The van der Waals surface area contributed by atoms with Gasteiger partial charge in [0.05, 0.1) is 11.6 Å². The fourth-order valence-electron chi connectivity index (χ4n) is 2.97. The molecule has 5 heteroatoms. The quantitative estimate of drug-likeness (QED) is 0.756. The van der Waals surface area contributed by atoms with Gasteiger partial charge in [-0.25, -0.2) is 0 Å². The first-order valence-corrected chi connectivity index (χ1v) is 7.40. The molecule has 1 saturated carbocycles. The third kappa shape index (κ3) is 4.19. The van der Waals surface area contributed by atoms with Gasteiger partial charge < -0.3 is 20.8 Å². The summed E-state index contributed by atoms with van der Waals surface area (Å²) >= 11 is 0. The molecule has 21 heavy (non-hydrogen) atoms. The number of aliphatic hydroxyl groups is 1. The number of phenolic OH excluding ortho intramolecular Hbond substituents is 1. The van der Waals surface area contributed by atoms with E-state index in [1.165, 1.54) is 4.90 Å². The van der Waals surface area contributed by atoms with Gasteiger partial charge in [-0.15, -0.1) is 0 Å². The van der Waals surface area contributed by atoms with Gasteiger partial charge in [-0.2, -0.15) is 0 Å². The van der Waals surface area contributed by atoms with Crippen LogP contribution in [-0.2, 0) is 11.2 Å². The lowest BCUT2D eigenvalue weighted by atomic mass is 10.0. The second kappa shape index (κ2) is 6.45. The standard InChI is InChI=1S/C16H24N2O3/c1-18(11-16(21)8-2-3-9-16)15(20)14(17)10-12-4-6-13(19)7-5-12/h4-7,14,19,21H,2-3,8-11,17H2,1H3/t14-/m1/s1. The Labute approximate surface area is 125 Å². The van der Waals surface area contributed by atoms with E-state index < -0.39 is 11.6 Å². The zero-order valence-corrected chi connectivity index (χ0v) is 12.5.